The Labute approximate surface area is 111 Å². The molecule has 0 saturated heterocycles. The van der Waals surface area contributed by atoms with Crippen LogP contribution in [0.1, 0.15) is 0 Å². The normalized spacial score (nSPS) is 9.74. The van der Waals surface area contributed by atoms with Crippen LogP contribution >= 0.6 is 0 Å². The van der Waals surface area contributed by atoms with Gasteiger partial charge in [0.1, 0.15) is 5.75 Å². The summed E-state index contributed by atoms with van der Waals surface area (Å²) in [6, 6.07) is 12.4. The lowest BCUT2D eigenvalue weighted by Gasteiger charge is -2.07. The third-order valence-corrected chi connectivity index (χ3v) is 2.34. The second-order valence-corrected chi connectivity index (χ2v) is 3.74. The average molecular weight is 258 g/mol. The SMILES string of the molecule is COc1cccc(NC(=O)COc2ccccn2)c1. The van der Waals surface area contributed by atoms with Crippen LogP contribution in [0.3, 0.4) is 0 Å². The molecule has 0 atom stereocenters. The van der Waals surface area contributed by atoms with Crippen molar-refractivity contribution in [3.63, 3.8) is 0 Å². The summed E-state index contributed by atoms with van der Waals surface area (Å²) < 4.78 is 10.3. The molecule has 0 saturated carbocycles. The molecule has 1 aromatic carbocycles. The molecule has 1 heterocycles. The van der Waals surface area contributed by atoms with Gasteiger partial charge in [-0.25, -0.2) is 4.98 Å². The van der Waals surface area contributed by atoms with E-state index in [2.05, 4.69) is 10.3 Å². The van der Waals surface area contributed by atoms with Gasteiger partial charge in [0.25, 0.3) is 5.91 Å². The third kappa shape index (κ3) is 3.99. The number of hydrogen-bond donors (Lipinski definition) is 1. The Morgan fingerprint density at radius 1 is 1.26 bits per heavy atom. The molecule has 1 N–H and O–H groups in total. The summed E-state index contributed by atoms with van der Waals surface area (Å²) in [4.78, 5) is 15.6. The zero-order valence-electron chi connectivity index (χ0n) is 10.5. The van der Waals surface area contributed by atoms with Crippen LogP contribution in [-0.2, 0) is 4.79 Å². The average Bonchev–Trinajstić information content (AvgIpc) is 2.46. The van der Waals surface area contributed by atoms with Crippen molar-refractivity contribution in [3.8, 4) is 11.6 Å². The smallest absolute Gasteiger partial charge is 0.262 e. The number of methoxy groups -OCH3 is 1. The highest BCUT2D eigenvalue weighted by molar-refractivity contribution is 5.92. The quantitative estimate of drug-likeness (QED) is 0.892. The minimum atomic E-state index is -0.251. The van der Waals surface area contributed by atoms with Gasteiger partial charge in [0.15, 0.2) is 6.61 Å². The number of carbonyl (C=O) groups is 1. The van der Waals surface area contributed by atoms with Gasteiger partial charge in [-0.15, -0.1) is 0 Å². The summed E-state index contributed by atoms with van der Waals surface area (Å²) in [5.41, 5.74) is 0.661. The molecule has 0 unspecified atom stereocenters. The Morgan fingerprint density at radius 2 is 2.16 bits per heavy atom. The van der Waals surface area contributed by atoms with E-state index in [1.165, 1.54) is 0 Å². The molecule has 2 rings (SSSR count). The molecule has 1 amide bonds. The van der Waals surface area contributed by atoms with E-state index in [4.69, 9.17) is 9.47 Å². The van der Waals surface area contributed by atoms with Gasteiger partial charge in [-0.1, -0.05) is 12.1 Å². The lowest BCUT2D eigenvalue weighted by atomic mass is 10.3. The minimum absolute atomic E-state index is 0.0891. The Balaban J connectivity index is 1.87. The number of anilines is 1. The largest absolute Gasteiger partial charge is 0.497 e. The maximum Gasteiger partial charge on any atom is 0.262 e. The number of aromatic nitrogens is 1. The Kier molecular flexibility index (Phi) is 4.34. The van der Waals surface area contributed by atoms with Gasteiger partial charge in [0.05, 0.1) is 7.11 Å². The number of carbonyl (C=O) groups excluding carboxylic acids is 1. The maximum absolute atomic E-state index is 11.7. The summed E-state index contributed by atoms with van der Waals surface area (Å²) in [5.74, 6) is 0.852. The Hall–Kier alpha value is -2.56. The molecule has 0 aliphatic carbocycles. The molecule has 0 bridgehead atoms. The molecule has 0 aliphatic rings. The molecular weight excluding hydrogens is 244 g/mol. The molecule has 98 valence electrons. The van der Waals surface area contributed by atoms with Crippen molar-refractivity contribution in [2.24, 2.45) is 0 Å². The monoisotopic (exact) mass is 258 g/mol. The van der Waals surface area contributed by atoms with Crippen LogP contribution in [0.25, 0.3) is 0 Å². The summed E-state index contributed by atoms with van der Waals surface area (Å²) in [5, 5.41) is 2.72. The standard InChI is InChI=1S/C14H14N2O3/c1-18-12-6-4-5-11(9-12)16-13(17)10-19-14-7-2-3-8-15-14/h2-9H,10H2,1H3,(H,16,17). The molecule has 0 radical (unpaired) electrons. The second-order valence-electron chi connectivity index (χ2n) is 3.74. The number of hydrogen-bond acceptors (Lipinski definition) is 4. The van der Waals surface area contributed by atoms with Crippen molar-refractivity contribution < 1.29 is 14.3 Å². The Morgan fingerprint density at radius 3 is 2.89 bits per heavy atom. The summed E-state index contributed by atoms with van der Waals surface area (Å²) in [6.07, 6.45) is 1.61. The van der Waals surface area contributed by atoms with E-state index in [0.29, 0.717) is 17.3 Å². The van der Waals surface area contributed by atoms with E-state index >= 15 is 0 Å². The summed E-state index contributed by atoms with van der Waals surface area (Å²) >= 11 is 0. The first-order valence-corrected chi connectivity index (χ1v) is 5.75. The van der Waals surface area contributed by atoms with Crippen molar-refractivity contribution >= 4 is 11.6 Å². The Bertz CT molecular complexity index is 543. The number of nitrogens with one attached hydrogen (secondary N) is 1. The highest BCUT2D eigenvalue weighted by Gasteiger charge is 2.04. The molecule has 5 heteroatoms. The first-order valence-electron chi connectivity index (χ1n) is 5.75. The van der Waals surface area contributed by atoms with Gasteiger partial charge in [-0.2, -0.15) is 0 Å². The maximum atomic E-state index is 11.7. The van der Waals surface area contributed by atoms with Crippen LogP contribution in [0.5, 0.6) is 11.6 Å². The van der Waals surface area contributed by atoms with E-state index < -0.39 is 0 Å². The molecule has 5 nitrogen and oxygen atoms in total. The van der Waals surface area contributed by atoms with Gasteiger partial charge >= 0.3 is 0 Å². The van der Waals surface area contributed by atoms with Crippen molar-refractivity contribution in [2.75, 3.05) is 19.0 Å². The number of ether oxygens (including phenoxy) is 2. The lowest BCUT2D eigenvalue weighted by Crippen LogP contribution is -2.20. The molecular formula is C14H14N2O3. The highest BCUT2D eigenvalue weighted by Crippen LogP contribution is 2.16. The minimum Gasteiger partial charge on any atom is -0.497 e. The van der Waals surface area contributed by atoms with Crippen LogP contribution in [0.15, 0.2) is 48.7 Å². The highest BCUT2D eigenvalue weighted by atomic mass is 16.5. The van der Waals surface area contributed by atoms with Crippen molar-refractivity contribution in [1.82, 2.24) is 4.98 Å². The van der Waals surface area contributed by atoms with Crippen molar-refractivity contribution in [1.29, 1.82) is 0 Å². The van der Waals surface area contributed by atoms with Gasteiger partial charge in [0, 0.05) is 24.0 Å². The lowest BCUT2D eigenvalue weighted by molar-refractivity contribution is -0.118. The van der Waals surface area contributed by atoms with E-state index in [1.54, 1.807) is 55.8 Å². The fourth-order valence-electron chi connectivity index (χ4n) is 1.47. The first kappa shape index (κ1) is 12.9. The first-order chi connectivity index (χ1) is 9.28. The van der Waals surface area contributed by atoms with Crippen LogP contribution in [0, 0.1) is 0 Å². The molecule has 0 fully saturated rings. The van der Waals surface area contributed by atoms with E-state index in [0.717, 1.165) is 0 Å². The summed E-state index contributed by atoms with van der Waals surface area (Å²) in [6.45, 7) is -0.0891. The van der Waals surface area contributed by atoms with Crippen molar-refractivity contribution in [2.45, 2.75) is 0 Å². The van der Waals surface area contributed by atoms with Crippen LogP contribution in [0.2, 0.25) is 0 Å². The molecule has 19 heavy (non-hydrogen) atoms. The molecule has 2 aromatic rings. The zero-order chi connectivity index (χ0) is 13.5. The van der Waals surface area contributed by atoms with Gasteiger partial charge in [-0.3, -0.25) is 4.79 Å². The second kappa shape index (κ2) is 6.39. The molecule has 1 aromatic heterocycles. The zero-order valence-corrected chi connectivity index (χ0v) is 10.5. The van der Waals surface area contributed by atoms with E-state index in [1.807, 2.05) is 0 Å². The fourth-order valence-corrected chi connectivity index (χ4v) is 1.47. The van der Waals surface area contributed by atoms with Crippen molar-refractivity contribution in [3.05, 3.63) is 48.7 Å². The number of rotatable bonds is 5. The van der Waals surface area contributed by atoms with E-state index in [9.17, 15) is 4.79 Å². The van der Waals surface area contributed by atoms with Gasteiger partial charge in [0.2, 0.25) is 5.88 Å². The van der Waals surface area contributed by atoms with E-state index in [-0.39, 0.29) is 12.5 Å². The van der Waals surface area contributed by atoms with Gasteiger partial charge < -0.3 is 14.8 Å². The third-order valence-electron chi connectivity index (χ3n) is 2.34. The number of pyridine rings is 1. The van der Waals surface area contributed by atoms with Crippen LogP contribution in [0.4, 0.5) is 5.69 Å². The van der Waals surface area contributed by atoms with Crippen LogP contribution < -0.4 is 14.8 Å². The number of benzene rings is 1. The predicted octanol–water partition coefficient (Wildman–Crippen LogP) is 2.11. The summed E-state index contributed by atoms with van der Waals surface area (Å²) in [7, 11) is 1.57. The fraction of sp³-hybridized carbons (Fsp3) is 0.143. The molecule has 0 spiro atoms. The number of amides is 1. The number of nitrogens with zero attached hydrogens (tertiary/aromatic N) is 1. The predicted molar refractivity (Wildman–Crippen MR) is 71.4 cm³/mol. The van der Waals surface area contributed by atoms with Gasteiger partial charge in [-0.05, 0) is 18.2 Å². The topological polar surface area (TPSA) is 60.5 Å². The van der Waals surface area contributed by atoms with Crippen LogP contribution in [-0.4, -0.2) is 24.6 Å². The molecule has 0 aliphatic heterocycles.